The largest absolute Gasteiger partial charge is 0.494 e. The first-order valence-corrected chi connectivity index (χ1v) is 17.0. The molecular weight excluding hydrogens is 673 g/mol. The molecule has 2 N–H and O–H groups in total. The number of sulfone groups is 1. The molecule has 1 aliphatic heterocycles. The topological polar surface area (TPSA) is 114 Å². The maximum absolute atomic E-state index is 14.3. The highest BCUT2D eigenvalue weighted by molar-refractivity contribution is 7.91. The second kappa shape index (κ2) is 14.8. The third-order valence-electron chi connectivity index (χ3n) is 7.50. The van der Waals surface area contributed by atoms with Crippen LogP contribution in [0, 0.1) is 11.6 Å². The van der Waals surface area contributed by atoms with Gasteiger partial charge in [-0.3, -0.25) is 4.79 Å². The summed E-state index contributed by atoms with van der Waals surface area (Å²) in [6.07, 6.45) is -1.12. The van der Waals surface area contributed by atoms with Crippen LogP contribution in [-0.2, 0) is 25.9 Å². The van der Waals surface area contributed by atoms with Crippen molar-refractivity contribution in [3.63, 3.8) is 0 Å². The Bertz CT molecular complexity index is 1860. The number of benzene rings is 4. The first-order valence-electron chi connectivity index (χ1n) is 14.6. The van der Waals surface area contributed by atoms with E-state index in [4.69, 9.17) is 42.8 Å². The van der Waals surface area contributed by atoms with Crippen LogP contribution >= 0.6 is 23.2 Å². The number of carbonyl (C=O) groups is 1. The van der Waals surface area contributed by atoms with Gasteiger partial charge >= 0.3 is 0 Å². The maximum atomic E-state index is 14.3. The Labute approximate surface area is 280 Å². The average molecular weight is 704 g/mol. The van der Waals surface area contributed by atoms with Crippen LogP contribution in [0.2, 0.25) is 10.0 Å². The van der Waals surface area contributed by atoms with Crippen molar-refractivity contribution in [2.45, 2.75) is 35.9 Å². The Morgan fingerprint density at radius 1 is 0.979 bits per heavy atom. The molecule has 246 valence electrons. The van der Waals surface area contributed by atoms with Gasteiger partial charge in [-0.05, 0) is 66.2 Å². The zero-order valence-corrected chi connectivity index (χ0v) is 27.2. The standard InChI is InChI=1S/C34H30Cl2F2N2O6S/c35-24-9-12-29(30(36)19-24)31-34(13-16-47(43,44)28-5-2-1-3-6-28,33(42)39-21-22-17-25(37)20-26(38)18-22)40-32(46-31)23-7-10-27(11-8-23)45-15-4-14-41/h1-3,5-12,17-20,31,41H,4,13-16,21H2,(H,39,42)/t31-,34-/m1/s1. The lowest BCUT2D eigenvalue weighted by Crippen LogP contribution is -2.49. The van der Waals surface area contributed by atoms with Crippen molar-refractivity contribution in [2.75, 3.05) is 19.0 Å². The second-order valence-corrected chi connectivity index (χ2v) is 13.8. The number of carbonyl (C=O) groups excluding carboxylic acids is 1. The molecule has 0 unspecified atom stereocenters. The summed E-state index contributed by atoms with van der Waals surface area (Å²) >= 11 is 12.8. The Morgan fingerprint density at radius 2 is 1.68 bits per heavy atom. The molecule has 1 heterocycles. The number of hydrogen-bond donors (Lipinski definition) is 2. The van der Waals surface area contributed by atoms with Crippen molar-refractivity contribution >= 4 is 44.8 Å². The monoisotopic (exact) mass is 702 g/mol. The van der Waals surface area contributed by atoms with Crippen LogP contribution in [0.4, 0.5) is 8.78 Å². The summed E-state index contributed by atoms with van der Waals surface area (Å²) in [4.78, 5) is 19.1. The molecule has 0 aromatic heterocycles. The fourth-order valence-electron chi connectivity index (χ4n) is 5.15. The molecule has 2 atom stereocenters. The van der Waals surface area contributed by atoms with Crippen molar-refractivity contribution < 1.29 is 36.6 Å². The van der Waals surface area contributed by atoms with Gasteiger partial charge in [0.05, 0.1) is 17.3 Å². The normalized spacial score (nSPS) is 17.6. The molecule has 0 radical (unpaired) electrons. The van der Waals surface area contributed by atoms with E-state index in [1.807, 2.05) is 0 Å². The smallest absolute Gasteiger partial charge is 0.252 e. The minimum Gasteiger partial charge on any atom is -0.494 e. The number of nitrogens with one attached hydrogen (secondary N) is 1. The van der Waals surface area contributed by atoms with E-state index >= 15 is 0 Å². The summed E-state index contributed by atoms with van der Waals surface area (Å²) in [5.41, 5.74) is -0.981. The Morgan fingerprint density at radius 3 is 2.34 bits per heavy atom. The van der Waals surface area contributed by atoms with Crippen molar-refractivity contribution in [3.8, 4) is 5.75 Å². The van der Waals surface area contributed by atoms with Crippen molar-refractivity contribution in [1.82, 2.24) is 5.32 Å². The summed E-state index contributed by atoms with van der Waals surface area (Å²) < 4.78 is 66.8. The highest BCUT2D eigenvalue weighted by Gasteiger charge is 2.54. The lowest BCUT2D eigenvalue weighted by molar-refractivity contribution is -0.129. The lowest BCUT2D eigenvalue weighted by Gasteiger charge is -2.31. The van der Waals surface area contributed by atoms with E-state index < -0.39 is 44.8 Å². The number of halogens is 4. The van der Waals surface area contributed by atoms with Gasteiger partial charge in [0.25, 0.3) is 5.91 Å². The van der Waals surface area contributed by atoms with Crippen molar-refractivity contribution in [1.29, 1.82) is 0 Å². The maximum Gasteiger partial charge on any atom is 0.252 e. The zero-order valence-electron chi connectivity index (χ0n) is 24.8. The highest BCUT2D eigenvalue weighted by atomic mass is 35.5. The predicted molar refractivity (Wildman–Crippen MR) is 175 cm³/mol. The van der Waals surface area contributed by atoms with Crippen LogP contribution in [0.3, 0.4) is 0 Å². The first kappa shape index (κ1) is 34.3. The van der Waals surface area contributed by atoms with Gasteiger partial charge in [-0.25, -0.2) is 22.2 Å². The number of aliphatic imine (C=N–C) groups is 1. The molecule has 13 heteroatoms. The van der Waals surface area contributed by atoms with Crippen LogP contribution in [0.1, 0.15) is 35.6 Å². The molecule has 0 aliphatic carbocycles. The number of amides is 1. The fraction of sp³-hybridized carbons (Fsp3) is 0.235. The van der Waals surface area contributed by atoms with Crippen LogP contribution in [0.15, 0.2) is 101 Å². The Hall–Kier alpha value is -4.03. The molecule has 1 amide bonds. The summed E-state index contributed by atoms with van der Waals surface area (Å²) in [5.74, 6) is -2.33. The summed E-state index contributed by atoms with van der Waals surface area (Å²) in [6, 6.07) is 21.9. The van der Waals surface area contributed by atoms with Crippen LogP contribution in [0.5, 0.6) is 5.75 Å². The first-order chi connectivity index (χ1) is 22.5. The van der Waals surface area contributed by atoms with E-state index in [2.05, 4.69) is 5.32 Å². The van der Waals surface area contributed by atoms with E-state index in [0.717, 1.165) is 12.1 Å². The number of rotatable bonds is 13. The lowest BCUT2D eigenvalue weighted by atomic mass is 9.85. The van der Waals surface area contributed by atoms with Crippen molar-refractivity contribution in [3.05, 3.63) is 129 Å². The van der Waals surface area contributed by atoms with Gasteiger partial charge in [0.15, 0.2) is 21.5 Å². The molecule has 0 fully saturated rings. The highest BCUT2D eigenvalue weighted by Crippen LogP contribution is 2.45. The molecule has 47 heavy (non-hydrogen) atoms. The minimum atomic E-state index is -3.91. The number of nitrogens with zero attached hydrogens (tertiary/aromatic N) is 1. The fourth-order valence-corrected chi connectivity index (χ4v) is 7.04. The molecule has 8 nitrogen and oxygen atoms in total. The van der Waals surface area contributed by atoms with Gasteiger partial charge in [-0.1, -0.05) is 47.5 Å². The SMILES string of the molecule is O=C(NCc1cc(F)cc(F)c1)[C@]1(CCS(=O)(=O)c2ccccc2)N=C(c2ccc(OCCCO)cc2)O[C@@H]1c1ccc(Cl)cc1Cl. The minimum absolute atomic E-state index is 0.0182. The van der Waals surface area contributed by atoms with Crippen LogP contribution in [0.25, 0.3) is 0 Å². The summed E-state index contributed by atoms with van der Waals surface area (Å²) in [5, 5.41) is 12.2. The van der Waals surface area contributed by atoms with Crippen LogP contribution in [-0.4, -0.2) is 49.8 Å². The second-order valence-electron chi connectivity index (χ2n) is 10.8. The molecule has 0 saturated carbocycles. The molecular formula is C34H30Cl2F2N2O6S. The van der Waals surface area contributed by atoms with Gasteiger partial charge in [0.2, 0.25) is 5.90 Å². The molecule has 0 saturated heterocycles. The number of aliphatic hydroxyl groups excluding tert-OH is 1. The summed E-state index contributed by atoms with van der Waals surface area (Å²) in [6.45, 7) is 0.000975. The zero-order chi connectivity index (χ0) is 33.6. The number of aliphatic hydroxyl groups is 1. The van der Waals surface area contributed by atoms with E-state index in [-0.39, 0.29) is 41.0 Å². The van der Waals surface area contributed by atoms with Gasteiger partial charge in [0, 0.05) is 53.2 Å². The quantitative estimate of drug-likeness (QED) is 0.154. The average Bonchev–Trinajstić information content (AvgIpc) is 3.44. The molecule has 1 aliphatic rings. The summed E-state index contributed by atoms with van der Waals surface area (Å²) in [7, 11) is -3.91. The Kier molecular flexibility index (Phi) is 10.8. The van der Waals surface area contributed by atoms with E-state index in [1.165, 1.54) is 18.2 Å². The van der Waals surface area contributed by atoms with E-state index in [0.29, 0.717) is 41.0 Å². The molecule has 0 spiro atoms. The number of ether oxygens (including phenoxy) is 2. The molecule has 5 rings (SSSR count). The van der Waals surface area contributed by atoms with E-state index in [1.54, 1.807) is 54.6 Å². The molecule has 4 aromatic rings. The molecule has 0 bridgehead atoms. The third kappa shape index (κ3) is 8.10. The van der Waals surface area contributed by atoms with Crippen LogP contribution < -0.4 is 10.1 Å². The van der Waals surface area contributed by atoms with Gasteiger partial charge in [-0.2, -0.15) is 0 Å². The Balaban J connectivity index is 1.58. The van der Waals surface area contributed by atoms with Gasteiger partial charge in [0.1, 0.15) is 17.4 Å². The van der Waals surface area contributed by atoms with Gasteiger partial charge in [-0.15, -0.1) is 0 Å². The predicted octanol–water partition coefficient (Wildman–Crippen LogP) is 6.47. The van der Waals surface area contributed by atoms with Gasteiger partial charge < -0.3 is 19.9 Å². The van der Waals surface area contributed by atoms with E-state index in [9.17, 15) is 22.0 Å². The third-order valence-corrected chi connectivity index (χ3v) is 9.80. The van der Waals surface area contributed by atoms with Crippen molar-refractivity contribution in [2.24, 2.45) is 4.99 Å². The molecule has 4 aromatic carbocycles. The number of hydrogen-bond acceptors (Lipinski definition) is 7.